The number of piperidine rings is 1. The highest BCUT2D eigenvalue weighted by molar-refractivity contribution is 5.74. The van der Waals surface area contributed by atoms with Crippen molar-refractivity contribution in [3.05, 3.63) is 18.1 Å². The number of hydrogen-bond acceptors (Lipinski definition) is 5. The van der Waals surface area contributed by atoms with Crippen LogP contribution in [0.25, 0.3) is 0 Å². The summed E-state index contributed by atoms with van der Waals surface area (Å²) in [5, 5.41) is 8.84. The standard InChI is InChI=1S/C11H16N4O2/c12-10(11(16)17)8-6-9(14-7-13-8)15-4-2-1-3-5-15/h6-7,10H,1-5,12H2,(H,16,17). The molecule has 2 rings (SSSR count). The van der Waals surface area contributed by atoms with Crippen LogP contribution in [-0.4, -0.2) is 34.1 Å². The van der Waals surface area contributed by atoms with Crippen molar-refractivity contribution in [1.82, 2.24) is 9.97 Å². The minimum absolute atomic E-state index is 0.355. The quantitative estimate of drug-likeness (QED) is 0.796. The third kappa shape index (κ3) is 2.71. The molecule has 6 heteroatoms. The Labute approximate surface area is 99.5 Å². The monoisotopic (exact) mass is 236 g/mol. The van der Waals surface area contributed by atoms with Crippen LogP contribution in [0.5, 0.6) is 0 Å². The van der Waals surface area contributed by atoms with E-state index in [1.54, 1.807) is 6.07 Å². The Morgan fingerprint density at radius 1 is 1.35 bits per heavy atom. The summed E-state index contributed by atoms with van der Waals surface area (Å²) in [7, 11) is 0. The van der Waals surface area contributed by atoms with Crippen LogP contribution in [0.4, 0.5) is 5.82 Å². The molecule has 6 nitrogen and oxygen atoms in total. The van der Waals surface area contributed by atoms with E-state index in [9.17, 15) is 4.79 Å². The summed E-state index contributed by atoms with van der Waals surface area (Å²) in [5.41, 5.74) is 5.88. The van der Waals surface area contributed by atoms with E-state index in [-0.39, 0.29) is 0 Å². The Hall–Kier alpha value is -1.69. The molecule has 1 aromatic heterocycles. The highest BCUT2D eigenvalue weighted by atomic mass is 16.4. The number of anilines is 1. The highest BCUT2D eigenvalue weighted by Crippen LogP contribution is 2.19. The first-order valence-corrected chi connectivity index (χ1v) is 5.74. The zero-order valence-electron chi connectivity index (χ0n) is 9.54. The molecular formula is C11H16N4O2. The zero-order valence-corrected chi connectivity index (χ0v) is 9.54. The van der Waals surface area contributed by atoms with E-state index < -0.39 is 12.0 Å². The van der Waals surface area contributed by atoms with Gasteiger partial charge in [0, 0.05) is 19.2 Å². The molecule has 1 atom stereocenters. The van der Waals surface area contributed by atoms with Crippen LogP contribution in [0.2, 0.25) is 0 Å². The van der Waals surface area contributed by atoms with Crippen LogP contribution in [0.1, 0.15) is 31.0 Å². The Kier molecular flexibility index (Phi) is 3.53. The van der Waals surface area contributed by atoms with Crippen LogP contribution in [-0.2, 0) is 4.79 Å². The van der Waals surface area contributed by atoms with Crippen LogP contribution < -0.4 is 10.6 Å². The summed E-state index contributed by atoms with van der Waals surface area (Å²) in [6.45, 7) is 1.91. The summed E-state index contributed by atoms with van der Waals surface area (Å²) in [6, 6.07) is 0.589. The second-order valence-corrected chi connectivity index (χ2v) is 4.16. The molecule has 3 N–H and O–H groups in total. The third-order valence-electron chi connectivity index (χ3n) is 2.94. The van der Waals surface area contributed by atoms with E-state index in [0.29, 0.717) is 5.69 Å². The van der Waals surface area contributed by atoms with Crippen molar-refractivity contribution >= 4 is 11.8 Å². The predicted octanol–water partition coefficient (Wildman–Crippen LogP) is 0.551. The highest BCUT2D eigenvalue weighted by Gasteiger charge is 2.18. The van der Waals surface area contributed by atoms with E-state index in [1.807, 2.05) is 0 Å². The maximum absolute atomic E-state index is 10.8. The van der Waals surface area contributed by atoms with Gasteiger partial charge in [-0.25, -0.2) is 9.97 Å². The molecule has 1 aliphatic rings. The Morgan fingerprint density at radius 2 is 2.06 bits per heavy atom. The van der Waals surface area contributed by atoms with Gasteiger partial charge in [-0.3, -0.25) is 4.79 Å². The third-order valence-corrected chi connectivity index (χ3v) is 2.94. The summed E-state index contributed by atoms with van der Waals surface area (Å²) >= 11 is 0. The van der Waals surface area contributed by atoms with Gasteiger partial charge in [-0.2, -0.15) is 0 Å². The molecule has 2 heterocycles. The lowest BCUT2D eigenvalue weighted by atomic mass is 10.1. The number of nitrogens with zero attached hydrogens (tertiary/aromatic N) is 3. The number of aromatic nitrogens is 2. The fourth-order valence-electron chi connectivity index (χ4n) is 1.95. The normalized spacial score (nSPS) is 17.8. The molecule has 1 aliphatic heterocycles. The summed E-state index contributed by atoms with van der Waals surface area (Å²) in [6.07, 6.45) is 4.90. The molecule has 17 heavy (non-hydrogen) atoms. The Balaban J connectivity index is 2.18. The fraction of sp³-hybridized carbons (Fsp3) is 0.545. The Morgan fingerprint density at radius 3 is 2.71 bits per heavy atom. The lowest BCUT2D eigenvalue weighted by Gasteiger charge is -2.27. The maximum Gasteiger partial charge on any atom is 0.326 e. The molecule has 1 unspecified atom stereocenters. The summed E-state index contributed by atoms with van der Waals surface area (Å²) in [4.78, 5) is 21.0. The summed E-state index contributed by atoms with van der Waals surface area (Å²) in [5.74, 6) is -0.306. The van der Waals surface area contributed by atoms with Gasteiger partial charge in [0.25, 0.3) is 0 Å². The van der Waals surface area contributed by atoms with Gasteiger partial charge >= 0.3 is 5.97 Å². The number of rotatable bonds is 3. The first kappa shape index (κ1) is 11.8. The number of nitrogens with two attached hydrogens (primary N) is 1. The number of carboxylic acid groups (broad SMARTS) is 1. The van der Waals surface area contributed by atoms with E-state index >= 15 is 0 Å². The van der Waals surface area contributed by atoms with Gasteiger partial charge in [-0.15, -0.1) is 0 Å². The molecule has 1 fully saturated rings. The predicted molar refractivity (Wildman–Crippen MR) is 62.7 cm³/mol. The second kappa shape index (κ2) is 5.09. The topological polar surface area (TPSA) is 92.3 Å². The van der Waals surface area contributed by atoms with E-state index in [1.165, 1.54) is 12.7 Å². The van der Waals surface area contributed by atoms with E-state index in [2.05, 4.69) is 14.9 Å². The van der Waals surface area contributed by atoms with Gasteiger partial charge in [-0.1, -0.05) is 0 Å². The smallest absolute Gasteiger partial charge is 0.326 e. The van der Waals surface area contributed by atoms with Crippen molar-refractivity contribution in [2.75, 3.05) is 18.0 Å². The van der Waals surface area contributed by atoms with E-state index in [0.717, 1.165) is 31.7 Å². The largest absolute Gasteiger partial charge is 0.480 e. The number of hydrogen-bond donors (Lipinski definition) is 2. The lowest BCUT2D eigenvalue weighted by molar-refractivity contribution is -0.138. The first-order valence-electron chi connectivity index (χ1n) is 5.74. The van der Waals surface area contributed by atoms with Gasteiger partial charge in [-0.05, 0) is 19.3 Å². The average molecular weight is 236 g/mol. The first-order chi connectivity index (χ1) is 8.18. The van der Waals surface area contributed by atoms with Crippen LogP contribution in [0.15, 0.2) is 12.4 Å². The minimum atomic E-state index is -1.08. The van der Waals surface area contributed by atoms with Gasteiger partial charge in [0.05, 0.1) is 5.69 Å². The molecular weight excluding hydrogens is 220 g/mol. The van der Waals surface area contributed by atoms with Crippen molar-refractivity contribution in [1.29, 1.82) is 0 Å². The van der Waals surface area contributed by atoms with Gasteiger partial charge in [0.2, 0.25) is 0 Å². The fourth-order valence-corrected chi connectivity index (χ4v) is 1.95. The maximum atomic E-state index is 10.8. The van der Waals surface area contributed by atoms with Crippen molar-refractivity contribution in [3.63, 3.8) is 0 Å². The molecule has 0 aromatic carbocycles. The molecule has 1 aromatic rings. The van der Waals surface area contributed by atoms with Crippen molar-refractivity contribution in [2.45, 2.75) is 25.3 Å². The molecule has 0 amide bonds. The molecule has 0 radical (unpaired) electrons. The number of aliphatic carboxylic acids is 1. The Bertz CT molecular complexity index is 404. The molecule has 0 saturated carbocycles. The molecule has 0 bridgehead atoms. The van der Waals surface area contributed by atoms with Gasteiger partial charge < -0.3 is 15.7 Å². The van der Waals surface area contributed by atoms with Crippen molar-refractivity contribution in [3.8, 4) is 0 Å². The number of carboxylic acids is 1. The molecule has 1 saturated heterocycles. The molecule has 92 valence electrons. The SMILES string of the molecule is NC(C(=O)O)c1cc(N2CCCCC2)ncn1. The minimum Gasteiger partial charge on any atom is -0.480 e. The van der Waals surface area contributed by atoms with Crippen LogP contribution in [0, 0.1) is 0 Å². The lowest BCUT2D eigenvalue weighted by Crippen LogP contribution is -2.31. The molecule has 0 aliphatic carbocycles. The number of carbonyl (C=O) groups is 1. The van der Waals surface area contributed by atoms with Crippen LogP contribution >= 0.6 is 0 Å². The average Bonchev–Trinajstić information content (AvgIpc) is 2.39. The van der Waals surface area contributed by atoms with Crippen molar-refractivity contribution in [2.24, 2.45) is 5.73 Å². The zero-order chi connectivity index (χ0) is 12.3. The van der Waals surface area contributed by atoms with Crippen molar-refractivity contribution < 1.29 is 9.90 Å². The van der Waals surface area contributed by atoms with E-state index in [4.69, 9.17) is 10.8 Å². The molecule has 0 spiro atoms. The van der Waals surface area contributed by atoms with Gasteiger partial charge in [0.1, 0.15) is 18.2 Å². The van der Waals surface area contributed by atoms with Gasteiger partial charge in [0.15, 0.2) is 0 Å². The van der Waals surface area contributed by atoms with Crippen LogP contribution in [0.3, 0.4) is 0 Å². The second-order valence-electron chi connectivity index (χ2n) is 4.16. The summed E-state index contributed by atoms with van der Waals surface area (Å²) < 4.78 is 0.